The molecule has 0 unspecified atom stereocenters. The van der Waals surface area contributed by atoms with Crippen LogP contribution >= 0.6 is 24.0 Å². The van der Waals surface area contributed by atoms with E-state index in [2.05, 4.69) is 0 Å². The molecule has 4 rings (SSSR count). The van der Waals surface area contributed by atoms with E-state index in [1.54, 1.807) is 6.08 Å². The normalized spacial score (nSPS) is 14.5. The van der Waals surface area contributed by atoms with E-state index in [4.69, 9.17) is 26.8 Å². The van der Waals surface area contributed by atoms with Crippen LogP contribution in [0.15, 0.2) is 83.8 Å². The summed E-state index contributed by atoms with van der Waals surface area (Å²) in [5.41, 5.74) is 1.54. The van der Waals surface area contributed by atoms with Crippen LogP contribution in [0, 0.1) is 0 Å². The average molecular weight is 478 g/mol. The molecule has 1 aliphatic heterocycles. The molecule has 1 fully saturated rings. The monoisotopic (exact) mass is 477 g/mol. The number of benzene rings is 3. The van der Waals surface area contributed by atoms with Crippen LogP contribution in [0.5, 0.6) is 17.2 Å². The largest absolute Gasteiger partial charge is 0.489 e. The first-order valence-electron chi connectivity index (χ1n) is 10.0. The molecule has 0 aliphatic carbocycles. The summed E-state index contributed by atoms with van der Waals surface area (Å²) in [5.74, 6) is 0.519. The van der Waals surface area contributed by atoms with Gasteiger partial charge in [0.25, 0.3) is 5.91 Å². The van der Waals surface area contributed by atoms with E-state index in [-0.39, 0.29) is 10.9 Å². The van der Waals surface area contributed by atoms with Crippen molar-refractivity contribution in [3.63, 3.8) is 0 Å². The molecule has 8 heteroatoms. The number of amides is 1. The highest BCUT2D eigenvalue weighted by molar-refractivity contribution is 8.26. The van der Waals surface area contributed by atoms with Gasteiger partial charge in [0.2, 0.25) is 0 Å². The molecule has 0 atom stereocenters. The van der Waals surface area contributed by atoms with Crippen molar-refractivity contribution in [2.45, 2.75) is 6.61 Å². The first kappa shape index (κ1) is 22.6. The van der Waals surface area contributed by atoms with Gasteiger partial charge >= 0.3 is 5.97 Å². The Morgan fingerprint density at radius 2 is 1.67 bits per heavy atom. The smallest absolute Gasteiger partial charge is 0.323 e. The lowest BCUT2D eigenvalue weighted by molar-refractivity contribution is -0.140. The van der Waals surface area contributed by atoms with Crippen LogP contribution in [-0.2, 0) is 16.2 Å². The number of thiocarbonyl (C=S) groups is 1. The van der Waals surface area contributed by atoms with Crippen molar-refractivity contribution < 1.29 is 24.2 Å². The molecular weight excluding hydrogens is 458 g/mol. The number of carbonyl (C=O) groups is 2. The van der Waals surface area contributed by atoms with Crippen molar-refractivity contribution in [3.05, 3.63) is 94.9 Å². The van der Waals surface area contributed by atoms with E-state index < -0.39 is 18.4 Å². The van der Waals surface area contributed by atoms with Gasteiger partial charge in [-0.05, 0) is 48.0 Å². The second-order valence-corrected chi connectivity index (χ2v) is 8.72. The van der Waals surface area contributed by atoms with E-state index in [9.17, 15) is 9.59 Å². The second kappa shape index (κ2) is 10.3. The summed E-state index contributed by atoms with van der Waals surface area (Å²) in [6.07, 6.45) is 1.69. The van der Waals surface area contributed by atoms with Crippen molar-refractivity contribution in [3.8, 4) is 17.2 Å². The Labute approximate surface area is 200 Å². The summed E-state index contributed by atoms with van der Waals surface area (Å²) < 4.78 is 12.2. The molecule has 166 valence electrons. The van der Waals surface area contributed by atoms with E-state index in [0.717, 1.165) is 33.5 Å². The fraction of sp³-hybridized carbons (Fsp3) is 0.0800. The summed E-state index contributed by atoms with van der Waals surface area (Å²) in [5, 5.41) is 9.02. The van der Waals surface area contributed by atoms with Gasteiger partial charge in [-0.3, -0.25) is 14.5 Å². The zero-order valence-corrected chi connectivity index (χ0v) is 19.0. The van der Waals surface area contributed by atoms with Gasteiger partial charge in [0.15, 0.2) is 0 Å². The number of hydrogen-bond donors (Lipinski definition) is 1. The van der Waals surface area contributed by atoms with Gasteiger partial charge in [-0.2, -0.15) is 0 Å². The fourth-order valence-electron chi connectivity index (χ4n) is 3.12. The summed E-state index contributed by atoms with van der Waals surface area (Å²) in [4.78, 5) is 25.1. The minimum Gasteiger partial charge on any atom is -0.489 e. The van der Waals surface area contributed by atoms with Crippen molar-refractivity contribution >= 4 is 46.3 Å². The topological polar surface area (TPSA) is 76.1 Å². The quantitative estimate of drug-likeness (QED) is 0.346. The van der Waals surface area contributed by atoms with Gasteiger partial charge in [0.1, 0.15) is 34.7 Å². The maximum atomic E-state index is 12.6. The van der Waals surface area contributed by atoms with E-state index in [0.29, 0.717) is 16.4 Å². The number of para-hydroxylation sites is 2. The fourth-order valence-corrected chi connectivity index (χ4v) is 4.37. The average Bonchev–Trinajstić information content (AvgIpc) is 3.07. The van der Waals surface area contributed by atoms with E-state index in [1.807, 2.05) is 78.9 Å². The zero-order valence-electron chi connectivity index (χ0n) is 17.3. The SMILES string of the molecule is O=C(O)CN1C(=O)C(=Cc2ccc(Oc3ccccc3)c(COc3ccccc3)c2)SC1=S. The van der Waals surface area contributed by atoms with Gasteiger partial charge in [-0.25, -0.2) is 0 Å². The third-order valence-corrected chi connectivity index (χ3v) is 6.04. The summed E-state index contributed by atoms with van der Waals surface area (Å²) in [7, 11) is 0. The van der Waals surface area contributed by atoms with Crippen LogP contribution in [0.2, 0.25) is 0 Å². The predicted molar refractivity (Wildman–Crippen MR) is 131 cm³/mol. The molecule has 1 aliphatic rings. The third kappa shape index (κ3) is 5.79. The molecule has 0 spiro atoms. The van der Waals surface area contributed by atoms with Crippen molar-refractivity contribution in [2.75, 3.05) is 6.54 Å². The number of nitrogens with zero attached hydrogens (tertiary/aromatic N) is 1. The molecule has 0 aromatic heterocycles. The number of hydrogen-bond acceptors (Lipinski definition) is 6. The minimum atomic E-state index is -1.12. The Balaban J connectivity index is 1.61. The molecule has 6 nitrogen and oxygen atoms in total. The Bertz CT molecular complexity index is 1210. The Kier molecular flexibility index (Phi) is 7.07. The summed E-state index contributed by atoms with van der Waals surface area (Å²) in [6.45, 7) is -0.199. The molecule has 1 amide bonds. The molecule has 1 N–H and O–H groups in total. The van der Waals surface area contributed by atoms with E-state index >= 15 is 0 Å². The number of carboxylic acids is 1. The van der Waals surface area contributed by atoms with Gasteiger partial charge in [0, 0.05) is 5.56 Å². The molecule has 33 heavy (non-hydrogen) atoms. The summed E-state index contributed by atoms with van der Waals surface area (Å²) >= 11 is 6.25. The summed E-state index contributed by atoms with van der Waals surface area (Å²) in [6, 6.07) is 24.4. The second-order valence-electron chi connectivity index (χ2n) is 7.05. The lowest BCUT2D eigenvalue weighted by Gasteiger charge is -2.13. The van der Waals surface area contributed by atoms with Crippen LogP contribution in [0.1, 0.15) is 11.1 Å². The predicted octanol–water partition coefficient (Wildman–Crippen LogP) is 5.34. The lowest BCUT2D eigenvalue weighted by Crippen LogP contribution is -2.33. The highest BCUT2D eigenvalue weighted by Crippen LogP contribution is 2.34. The molecule has 1 heterocycles. The van der Waals surface area contributed by atoms with Crippen LogP contribution in [0.25, 0.3) is 6.08 Å². The number of rotatable bonds is 8. The standard InChI is InChI=1S/C25H19NO5S2/c27-23(28)15-26-24(29)22(33-25(26)32)14-17-11-12-21(31-20-9-5-2-6-10-20)18(13-17)16-30-19-7-3-1-4-8-19/h1-14H,15-16H2,(H,27,28). The molecule has 1 saturated heterocycles. The number of thioether (sulfide) groups is 1. The Morgan fingerprint density at radius 3 is 2.33 bits per heavy atom. The van der Waals surface area contributed by atoms with Crippen LogP contribution in [0.3, 0.4) is 0 Å². The van der Waals surface area contributed by atoms with Crippen molar-refractivity contribution in [1.82, 2.24) is 4.90 Å². The van der Waals surface area contributed by atoms with Gasteiger partial charge in [-0.1, -0.05) is 66.4 Å². The first-order valence-corrected chi connectivity index (χ1v) is 11.2. The van der Waals surface area contributed by atoms with Gasteiger partial charge in [-0.15, -0.1) is 0 Å². The minimum absolute atomic E-state index is 0.227. The van der Waals surface area contributed by atoms with Crippen LogP contribution < -0.4 is 9.47 Å². The number of carbonyl (C=O) groups excluding carboxylic acids is 1. The van der Waals surface area contributed by atoms with Gasteiger partial charge in [0.05, 0.1) is 4.91 Å². The van der Waals surface area contributed by atoms with E-state index in [1.165, 1.54) is 0 Å². The number of aliphatic carboxylic acids is 1. The highest BCUT2D eigenvalue weighted by Gasteiger charge is 2.33. The molecule has 3 aromatic carbocycles. The highest BCUT2D eigenvalue weighted by atomic mass is 32.2. The lowest BCUT2D eigenvalue weighted by atomic mass is 10.1. The molecular formula is C25H19NO5S2. The maximum absolute atomic E-state index is 12.6. The third-order valence-electron chi connectivity index (χ3n) is 4.66. The van der Waals surface area contributed by atoms with Crippen molar-refractivity contribution in [2.24, 2.45) is 0 Å². The Morgan fingerprint density at radius 1 is 1.00 bits per heavy atom. The Hall–Kier alpha value is -3.62. The van der Waals surface area contributed by atoms with Crippen LogP contribution in [-0.4, -0.2) is 32.7 Å². The zero-order chi connectivity index (χ0) is 23.2. The maximum Gasteiger partial charge on any atom is 0.323 e. The molecule has 0 saturated carbocycles. The molecule has 3 aromatic rings. The van der Waals surface area contributed by atoms with Crippen molar-refractivity contribution in [1.29, 1.82) is 0 Å². The number of ether oxygens (including phenoxy) is 2. The molecule has 0 bridgehead atoms. The first-order chi connectivity index (χ1) is 16.0. The van der Waals surface area contributed by atoms with Crippen LogP contribution in [0.4, 0.5) is 0 Å². The molecule has 0 radical (unpaired) electrons. The van der Waals surface area contributed by atoms with Gasteiger partial charge < -0.3 is 14.6 Å². The number of carboxylic acid groups (broad SMARTS) is 1.